The van der Waals surface area contributed by atoms with Gasteiger partial charge in [-0.25, -0.2) is 0 Å². The van der Waals surface area contributed by atoms with E-state index in [1.165, 1.54) is 18.4 Å². The van der Waals surface area contributed by atoms with Crippen molar-refractivity contribution in [2.24, 2.45) is 0 Å². The Labute approximate surface area is 96.9 Å². The summed E-state index contributed by atoms with van der Waals surface area (Å²) in [4.78, 5) is 0. The van der Waals surface area contributed by atoms with Gasteiger partial charge < -0.3 is 15.7 Å². The number of rotatable bonds is 4. The zero-order chi connectivity index (χ0) is 11.2. The summed E-state index contributed by atoms with van der Waals surface area (Å²) < 4.78 is 0. The van der Waals surface area contributed by atoms with Gasteiger partial charge in [0, 0.05) is 19.1 Å². The lowest BCUT2D eigenvalue weighted by atomic mass is 10.1. The first-order valence-corrected chi connectivity index (χ1v) is 6.01. The summed E-state index contributed by atoms with van der Waals surface area (Å²) in [6.07, 6.45) is 2.53. The van der Waals surface area contributed by atoms with Crippen molar-refractivity contribution >= 4 is 0 Å². The van der Waals surface area contributed by atoms with Crippen molar-refractivity contribution in [3.05, 3.63) is 35.4 Å². The highest BCUT2D eigenvalue weighted by Gasteiger charge is 2.11. The van der Waals surface area contributed by atoms with Crippen LogP contribution in [0.5, 0.6) is 0 Å². The Morgan fingerprint density at radius 2 is 2.00 bits per heavy atom. The summed E-state index contributed by atoms with van der Waals surface area (Å²) in [6.45, 7) is 3.27. The fourth-order valence-corrected chi connectivity index (χ4v) is 2.05. The highest BCUT2D eigenvalue weighted by Crippen LogP contribution is 2.06. The molecule has 1 atom stereocenters. The molecule has 0 radical (unpaired) electrons. The third-order valence-electron chi connectivity index (χ3n) is 3.10. The third kappa shape index (κ3) is 3.30. The molecule has 2 rings (SSSR count). The molecule has 1 aliphatic rings. The second kappa shape index (κ2) is 5.99. The van der Waals surface area contributed by atoms with Crippen molar-refractivity contribution in [1.82, 2.24) is 10.6 Å². The maximum absolute atomic E-state index is 8.94. The molecule has 1 fully saturated rings. The lowest BCUT2D eigenvalue weighted by Crippen LogP contribution is -2.42. The van der Waals surface area contributed by atoms with Crippen LogP contribution < -0.4 is 10.6 Å². The van der Waals surface area contributed by atoms with Gasteiger partial charge in [0.2, 0.25) is 0 Å². The van der Waals surface area contributed by atoms with Crippen LogP contribution in [0.3, 0.4) is 0 Å². The Morgan fingerprint density at radius 1 is 1.25 bits per heavy atom. The van der Waals surface area contributed by atoms with Gasteiger partial charge in [0.25, 0.3) is 0 Å². The summed E-state index contributed by atoms with van der Waals surface area (Å²) in [7, 11) is 0. The highest BCUT2D eigenvalue weighted by molar-refractivity contribution is 5.21. The Hall–Kier alpha value is -0.900. The second-order valence-electron chi connectivity index (χ2n) is 4.40. The van der Waals surface area contributed by atoms with Crippen LogP contribution in [0.2, 0.25) is 0 Å². The van der Waals surface area contributed by atoms with E-state index in [0.29, 0.717) is 6.04 Å². The average molecular weight is 220 g/mol. The molecule has 1 heterocycles. The number of aliphatic hydroxyl groups is 1. The summed E-state index contributed by atoms with van der Waals surface area (Å²) in [5.41, 5.74) is 2.26. The average Bonchev–Trinajstić information content (AvgIpc) is 2.38. The number of nitrogens with one attached hydrogen (secondary N) is 2. The molecule has 1 saturated heterocycles. The number of aliphatic hydroxyl groups excluding tert-OH is 1. The summed E-state index contributed by atoms with van der Waals surface area (Å²) in [5.74, 6) is 0. The first kappa shape index (κ1) is 11.6. The van der Waals surface area contributed by atoms with Crippen molar-refractivity contribution in [2.45, 2.75) is 32.0 Å². The summed E-state index contributed by atoms with van der Waals surface area (Å²) in [5, 5.41) is 15.9. The van der Waals surface area contributed by atoms with Gasteiger partial charge in [-0.15, -0.1) is 0 Å². The Bertz CT molecular complexity index is 304. The molecule has 0 amide bonds. The lowest BCUT2D eigenvalue weighted by molar-refractivity contribution is 0.282. The molecule has 1 unspecified atom stereocenters. The molecule has 1 aromatic carbocycles. The van der Waals surface area contributed by atoms with Gasteiger partial charge in [0.1, 0.15) is 0 Å². The molecule has 0 aromatic heterocycles. The van der Waals surface area contributed by atoms with Crippen LogP contribution in [-0.4, -0.2) is 24.2 Å². The topological polar surface area (TPSA) is 44.3 Å². The SMILES string of the molecule is OCc1ccc(CNC2CCCNC2)cc1. The van der Waals surface area contributed by atoms with Crippen LogP contribution in [0, 0.1) is 0 Å². The van der Waals surface area contributed by atoms with Crippen molar-refractivity contribution in [3.63, 3.8) is 0 Å². The molecule has 3 nitrogen and oxygen atoms in total. The van der Waals surface area contributed by atoms with Gasteiger partial charge in [0.15, 0.2) is 0 Å². The van der Waals surface area contributed by atoms with Crippen LogP contribution >= 0.6 is 0 Å². The Kier molecular flexibility index (Phi) is 4.34. The van der Waals surface area contributed by atoms with E-state index in [9.17, 15) is 0 Å². The molecule has 1 aromatic rings. The molecule has 16 heavy (non-hydrogen) atoms. The number of hydrogen-bond donors (Lipinski definition) is 3. The van der Waals surface area contributed by atoms with Gasteiger partial charge in [-0.2, -0.15) is 0 Å². The van der Waals surface area contributed by atoms with E-state index in [-0.39, 0.29) is 6.61 Å². The maximum Gasteiger partial charge on any atom is 0.0681 e. The molecule has 0 spiro atoms. The monoisotopic (exact) mass is 220 g/mol. The predicted octanol–water partition coefficient (Wildman–Crippen LogP) is 1.02. The van der Waals surface area contributed by atoms with Crippen LogP contribution in [0.4, 0.5) is 0 Å². The van der Waals surface area contributed by atoms with Gasteiger partial charge in [-0.05, 0) is 30.5 Å². The predicted molar refractivity (Wildman–Crippen MR) is 65.1 cm³/mol. The molecule has 1 aliphatic heterocycles. The molecular weight excluding hydrogens is 200 g/mol. The second-order valence-corrected chi connectivity index (χ2v) is 4.40. The quantitative estimate of drug-likeness (QED) is 0.710. The fraction of sp³-hybridized carbons (Fsp3) is 0.538. The van der Waals surface area contributed by atoms with E-state index in [0.717, 1.165) is 25.2 Å². The number of piperidine rings is 1. The van der Waals surface area contributed by atoms with Gasteiger partial charge in [-0.3, -0.25) is 0 Å². The van der Waals surface area contributed by atoms with Crippen LogP contribution in [0.15, 0.2) is 24.3 Å². The molecule has 88 valence electrons. The molecular formula is C13H20N2O. The van der Waals surface area contributed by atoms with E-state index in [1.807, 2.05) is 12.1 Å². The van der Waals surface area contributed by atoms with Crippen LogP contribution in [-0.2, 0) is 13.2 Å². The lowest BCUT2D eigenvalue weighted by Gasteiger charge is -2.23. The minimum atomic E-state index is 0.125. The fourth-order valence-electron chi connectivity index (χ4n) is 2.05. The minimum absolute atomic E-state index is 0.125. The van der Waals surface area contributed by atoms with Gasteiger partial charge >= 0.3 is 0 Å². The van der Waals surface area contributed by atoms with Crippen LogP contribution in [0.25, 0.3) is 0 Å². The Balaban J connectivity index is 1.79. The van der Waals surface area contributed by atoms with E-state index >= 15 is 0 Å². The Morgan fingerprint density at radius 3 is 2.62 bits per heavy atom. The van der Waals surface area contributed by atoms with E-state index in [1.54, 1.807) is 0 Å². The zero-order valence-electron chi connectivity index (χ0n) is 9.58. The molecule has 3 heteroatoms. The first-order chi connectivity index (χ1) is 7.88. The van der Waals surface area contributed by atoms with E-state index in [2.05, 4.69) is 22.8 Å². The standard InChI is InChI=1S/C13H20N2O/c16-10-12-5-3-11(4-6-12)8-15-13-2-1-7-14-9-13/h3-6,13-16H,1-2,7-10H2. The van der Waals surface area contributed by atoms with Crippen molar-refractivity contribution in [1.29, 1.82) is 0 Å². The smallest absolute Gasteiger partial charge is 0.0681 e. The number of hydrogen-bond acceptors (Lipinski definition) is 3. The summed E-state index contributed by atoms with van der Waals surface area (Å²) in [6, 6.07) is 8.72. The zero-order valence-corrected chi connectivity index (χ0v) is 9.58. The summed E-state index contributed by atoms with van der Waals surface area (Å²) >= 11 is 0. The molecule has 0 aliphatic carbocycles. The van der Waals surface area contributed by atoms with Crippen molar-refractivity contribution in [3.8, 4) is 0 Å². The molecule has 0 bridgehead atoms. The van der Waals surface area contributed by atoms with E-state index in [4.69, 9.17) is 5.11 Å². The normalized spacial score (nSPS) is 20.9. The van der Waals surface area contributed by atoms with Gasteiger partial charge in [0.05, 0.1) is 6.61 Å². The molecule has 3 N–H and O–H groups in total. The maximum atomic E-state index is 8.94. The third-order valence-corrected chi connectivity index (χ3v) is 3.10. The highest BCUT2D eigenvalue weighted by atomic mass is 16.3. The van der Waals surface area contributed by atoms with Gasteiger partial charge in [-0.1, -0.05) is 24.3 Å². The van der Waals surface area contributed by atoms with Crippen molar-refractivity contribution < 1.29 is 5.11 Å². The largest absolute Gasteiger partial charge is 0.392 e. The molecule has 0 saturated carbocycles. The van der Waals surface area contributed by atoms with Crippen molar-refractivity contribution in [2.75, 3.05) is 13.1 Å². The number of benzene rings is 1. The van der Waals surface area contributed by atoms with E-state index < -0.39 is 0 Å². The van der Waals surface area contributed by atoms with Crippen LogP contribution in [0.1, 0.15) is 24.0 Å². The first-order valence-electron chi connectivity index (χ1n) is 6.01. The minimum Gasteiger partial charge on any atom is -0.392 e.